The van der Waals surface area contributed by atoms with E-state index in [-0.39, 0.29) is 5.57 Å². The lowest BCUT2D eigenvalue weighted by molar-refractivity contribution is 0.533. The van der Waals surface area contributed by atoms with Gasteiger partial charge in [-0.05, 0) is 31.0 Å². The number of nitrogens with zero attached hydrogens (tertiary/aromatic N) is 3. The number of hydrogen-bond donors (Lipinski definition) is 1. The zero-order chi connectivity index (χ0) is 13.2. The molecule has 92 valence electrons. The number of nitriles is 2. The predicted octanol–water partition coefficient (Wildman–Crippen LogP) is 3.05. The normalized spacial score (nSPS) is 13.6. The maximum atomic E-state index is 8.64. The van der Waals surface area contributed by atoms with Crippen LogP contribution in [-0.4, -0.2) is 4.98 Å². The molecule has 0 aliphatic heterocycles. The molecule has 1 N–H and O–H groups in total. The number of allylic oxidation sites excluding steroid dienone is 1. The molecule has 1 aliphatic rings. The molecule has 1 aromatic heterocycles. The lowest BCUT2D eigenvalue weighted by Crippen LogP contribution is -1.89. The first-order valence-electron chi connectivity index (χ1n) is 5.97. The van der Waals surface area contributed by atoms with E-state index in [1.165, 1.54) is 6.20 Å². The SMILES string of the molecule is N#CC(C#N)=CNc1ccc2oc(C3CC3)nc2c1. The van der Waals surface area contributed by atoms with E-state index in [0.717, 1.165) is 35.5 Å². The molecule has 1 fully saturated rings. The zero-order valence-corrected chi connectivity index (χ0v) is 10.1. The Hall–Kier alpha value is -2.79. The van der Waals surface area contributed by atoms with Gasteiger partial charge in [0.2, 0.25) is 0 Å². The van der Waals surface area contributed by atoms with Gasteiger partial charge in [-0.2, -0.15) is 10.5 Å². The van der Waals surface area contributed by atoms with E-state index in [2.05, 4.69) is 10.3 Å². The van der Waals surface area contributed by atoms with E-state index < -0.39 is 0 Å². The quantitative estimate of drug-likeness (QED) is 0.846. The van der Waals surface area contributed by atoms with Gasteiger partial charge in [0, 0.05) is 17.8 Å². The Morgan fingerprint density at radius 2 is 2.16 bits per heavy atom. The minimum Gasteiger partial charge on any atom is -0.440 e. The molecule has 19 heavy (non-hydrogen) atoms. The second kappa shape index (κ2) is 4.47. The summed E-state index contributed by atoms with van der Waals surface area (Å²) < 4.78 is 5.66. The molecule has 1 heterocycles. The Morgan fingerprint density at radius 1 is 1.37 bits per heavy atom. The summed E-state index contributed by atoms with van der Waals surface area (Å²) in [6, 6.07) is 9.08. The van der Waals surface area contributed by atoms with Crippen LogP contribution in [0.4, 0.5) is 5.69 Å². The summed E-state index contributed by atoms with van der Waals surface area (Å²) in [7, 11) is 0. The van der Waals surface area contributed by atoms with E-state index in [9.17, 15) is 0 Å². The fraction of sp³-hybridized carbons (Fsp3) is 0.214. The second-order valence-corrected chi connectivity index (χ2v) is 4.43. The monoisotopic (exact) mass is 250 g/mol. The van der Waals surface area contributed by atoms with Crippen LogP contribution in [0.25, 0.3) is 11.1 Å². The summed E-state index contributed by atoms with van der Waals surface area (Å²) in [5, 5.41) is 20.2. The van der Waals surface area contributed by atoms with Gasteiger partial charge >= 0.3 is 0 Å². The van der Waals surface area contributed by atoms with Crippen molar-refractivity contribution in [3.05, 3.63) is 35.9 Å². The molecule has 0 spiro atoms. The Labute approximate surface area is 109 Å². The lowest BCUT2D eigenvalue weighted by Gasteiger charge is -1.98. The first-order chi connectivity index (χ1) is 9.30. The van der Waals surface area contributed by atoms with Crippen molar-refractivity contribution in [3.63, 3.8) is 0 Å². The average Bonchev–Trinajstić information content (AvgIpc) is 3.20. The van der Waals surface area contributed by atoms with Crippen molar-refractivity contribution in [3.8, 4) is 12.1 Å². The lowest BCUT2D eigenvalue weighted by atomic mass is 10.3. The molecule has 5 heteroatoms. The summed E-state index contributed by atoms with van der Waals surface area (Å²) in [5.41, 5.74) is 2.35. The summed E-state index contributed by atoms with van der Waals surface area (Å²) in [4.78, 5) is 4.45. The van der Waals surface area contributed by atoms with Crippen LogP contribution in [-0.2, 0) is 0 Å². The molecule has 1 aliphatic carbocycles. The molecule has 0 unspecified atom stereocenters. The molecule has 0 bridgehead atoms. The Bertz CT molecular complexity index is 725. The first kappa shape index (κ1) is 11.3. The predicted molar refractivity (Wildman–Crippen MR) is 68.9 cm³/mol. The molecule has 0 amide bonds. The molecular formula is C14H10N4O. The van der Waals surface area contributed by atoms with Crippen LogP contribution in [0.2, 0.25) is 0 Å². The highest BCUT2D eigenvalue weighted by Crippen LogP contribution is 2.40. The highest BCUT2D eigenvalue weighted by atomic mass is 16.3. The van der Waals surface area contributed by atoms with E-state index in [0.29, 0.717) is 5.92 Å². The summed E-state index contributed by atoms with van der Waals surface area (Å²) in [6.07, 6.45) is 3.67. The average molecular weight is 250 g/mol. The zero-order valence-electron chi connectivity index (χ0n) is 10.1. The van der Waals surface area contributed by atoms with Crippen molar-refractivity contribution in [2.75, 3.05) is 5.32 Å². The molecule has 0 radical (unpaired) electrons. The number of aromatic nitrogens is 1. The van der Waals surface area contributed by atoms with Gasteiger partial charge in [0.1, 0.15) is 23.2 Å². The molecule has 0 saturated heterocycles. The van der Waals surface area contributed by atoms with Gasteiger partial charge in [-0.25, -0.2) is 4.98 Å². The van der Waals surface area contributed by atoms with Crippen LogP contribution in [0.1, 0.15) is 24.7 Å². The van der Waals surface area contributed by atoms with Crippen molar-refractivity contribution in [1.82, 2.24) is 4.98 Å². The Balaban J connectivity index is 1.87. The van der Waals surface area contributed by atoms with Crippen LogP contribution >= 0.6 is 0 Å². The minimum atomic E-state index is 0.0268. The van der Waals surface area contributed by atoms with Crippen molar-refractivity contribution in [2.45, 2.75) is 18.8 Å². The summed E-state index contributed by atoms with van der Waals surface area (Å²) in [5.74, 6) is 1.28. The number of nitrogens with one attached hydrogen (secondary N) is 1. The summed E-state index contributed by atoms with van der Waals surface area (Å²) in [6.45, 7) is 0. The standard InChI is InChI=1S/C14H10N4O/c15-6-9(7-16)8-17-11-3-4-13-12(5-11)18-14(19-13)10-1-2-10/h3-5,8,10,17H,1-2H2. The third-order valence-corrected chi connectivity index (χ3v) is 2.95. The molecular weight excluding hydrogens is 240 g/mol. The van der Waals surface area contributed by atoms with Crippen molar-refractivity contribution in [2.24, 2.45) is 0 Å². The third kappa shape index (κ3) is 2.27. The second-order valence-electron chi connectivity index (χ2n) is 4.43. The van der Waals surface area contributed by atoms with E-state index in [1.807, 2.05) is 18.2 Å². The molecule has 2 aromatic rings. The van der Waals surface area contributed by atoms with Gasteiger partial charge < -0.3 is 9.73 Å². The van der Waals surface area contributed by atoms with Gasteiger partial charge in [-0.3, -0.25) is 0 Å². The maximum Gasteiger partial charge on any atom is 0.198 e. The van der Waals surface area contributed by atoms with E-state index in [1.54, 1.807) is 12.1 Å². The van der Waals surface area contributed by atoms with Crippen LogP contribution in [0.5, 0.6) is 0 Å². The first-order valence-corrected chi connectivity index (χ1v) is 5.97. The highest BCUT2D eigenvalue weighted by Gasteiger charge is 2.28. The number of rotatable bonds is 3. The number of hydrogen-bond acceptors (Lipinski definition) is 5. The topological polar surface area (TPSA) is 85.6 Å². The van der Waals surface area contributed by atoms with Gasteiger partial charge in [-0.15, -0.1) is 0 Å². The number of fused-ring (bicyclic) bond motifs is 1. The fourth-order valence-corrected chi connectivity index (χ4v) is 1.78. The van der Waals surface area contributed by atoms with Crippen LogP contribution < -0.4 is 5.32 Å². The smallest absolute Gasteiger partial charge is 0.198 e. The fourth-order valence-electron chi connectivity index (χ4n) is 1.78. The molecule has 0 atom stereocenters. The minimum absolute atomic E-state index is 0.0268. The number of oxazole rings is 1. The maximum absolute atomic E-state index is 8.64. The molecule has 1 saturated carbocycles. The molecule has 5 nitrogen and oxygen atoms in total. The van der Waals surface area contributed by atoms with Crippen LogP contribution in [0, 0.1) is 22.7 Å². The van der Waals surface area contributed by atoms with Crippen LogP contribution in [0.3, 0.4) is 0 Å². The van der Waals surface area contributed by atoms with Crippen LogP contribution in [0.15, 0.2) is 34.4 Å². The number of anilines is 1. The molecule has 3 rings (SSSR count). The van der Waals surface area contributed by atoms with Crippen molar-refractivity contribution in [1.29, 1.82) is 10.5 Å². The summed E-state index contributed by atoms with van der Waals surface area (Å²) >= 11 is 0. The highest BCUT2D eigenvalue weighted by molar-refractivity contribution is 5.77. The Kier molecular flexibility index (Phi) is 2.66. The largest absolute Gasteiger partial charge is 0.440 e. The van der Waals surface area contributed by atoms with Gasteiger partial charge in [0.05, 0.1) is 0 Å². The number of benzene rings is 1. The third-order valence-electron chi connectivity index (χ3n) is 2.95. The Morgan fingerprint density at radius 3 is 2.84 bits per heavy atom. The van der Waals surface area contributed by atoms with Gasteiger partial charge in [0.25, 0.3) is 0 Å². The molecule has 1 aromatic carbocycles. The van der Waals surface area contributed by atoms with Gasteiger partial charge in [-0.1, -0.05) is 0 Å². The van der Waals surface area contributed by atoms with Crippen molar-refractivity contribution >= 4 is 16.8 Å². The van der Waals surface area contributed by atoms with E-state index in [4.69, 9.17) is 14.9 Å². The van der Waals surface area contributed by atoms with Gasteiger partial charge in [0.15, 0.2) is 11.5 Å². The van der Waals surface area contributed by atoms with Crippen molar-refractivity contribution < 1.29 is 4.42 Å². The van der Waals surface area contributed by atoms with E-state index >= 15 is 0 Å².